The van der Waals surface area contributed by atoms with Crippen LogP contribution < -0.4 is 11.1 Å². The number of likely N-dealkylation sites (N-methyl/N-ethyl adjacent to an activating group) is 2. The van der Waals surface area contributed by atoms with Crippen molar-refractivity contribution in [3.05, 3.63) is 34.3 Å². The smallest absolute Gasteiger partial charge is 0.408 e. The molecule has 0 aliphatic rings. The van der Waals surface area contributed by atoms with E-state index in [1.165, 1.54) is 5.56 Å². The molecule has 104 valence electrons. The lowest BCUT2D eigenvalue weighted by Gasteiger charge is -2.16. The number of benzene rings is 1. The summed E-state index contributed by atoms with van der Waals surface area (Å²) in [4.78, 5) is 16.1. The van der Waals surface area contributed by atoms with E-state index >= 15 is 0 Å². The fourth-order valence-electron chi connectivity index (χ4n) is 2.03. The molecule has 2 N–H and O–H groups in total. The number of aromatic amines is 1. The summed E-state index contributed by atoms with van der Waals surface area (Å²) in [5.41, 5.74) is 2.60. The molecular weight excluding hydrogens is 242 g/mol. The summed E-state index contributed by atoms with van der Waals surface area (Å²) in [7, 11) is 2.12. The lowest BCUT2D eigenvalue weighted by molar-refractivity contribution is 0.337. The third kappa shape index (κ3) is 3.94. The molecule has 1 aromatic carbocycles. The molecule has 0 saturated carbocycles. The molecule has 0 saturated heterocycles. The zero-order valence-corrected chi connectivity index (χ0v) is 11.5. The Morgan fingerprint density at radius 3 is 3.00 bits per heavy atom. The molecule has 0 aliphatic carbocycles. The van der Waals surface area contributed by atoms with Crippen LogP contribution in [0.4, 0.5) is 0 Å². The first-order chi connectivity index (χ1) is 9.19. The van der Waals surface area contributed by atoms with E-state index in [4.69, 9.17) is 4.42 Å². The van der Waals surface area contributed by atoms with Gasteiger partial charge >= 0.3 is 5.76 Å². The minimum Gasteiger partial charge on any atom is -0.408 e. The molecule has 5 nitrogen and oxygen atoms in total. The first-order valence-corrected chi connectivity index (χ1v) is 6.70. The predicted molar refractivity (Wildman–Crippen MR) is 76.6 cm³/mol. The number of rotatable bonds is 7. The predicted octanol–water partition coefficient (Wildman–Crippen LogP) is 1.20. The fraction of sp³-hybridized carbons (Fsp3) is 0.500. The fourth-order valence-corrected chi connectivity index (χ4v) is 2.03. The van der Waals surface area contributed by atoms with Crippen molar-refractivity contribution in [3.8, 4) is 0 Å². The van der Waals surface area contributed by atoms with E-state index in [0.717, 1.165) is 38.1 Å². The van der Waals surface area contributed by atoms with Crippen LogP contribution in [0.5, 0.6) is 0 Å². The van der Waals surface area contributed by atoms with Gasteiger partial charge in [0.15, 0.2) is 5.58 Å². The van der Waals surface area contributed by atoms with Crippen molar-refractivity contribution in [2.24, 2.45) is 0 Å². The molecule has 0 radical (unpaired) electrons. The topological polar surface area (TPSA) is 61.3 Å². The minimum atomic E-state index is -0.394. The molecule has 0 spiro atoms. The van der Waals surface area contributed by atoms with Crippen LogP contribution in [0.25, 0.3) is 11.1 Å². The van der Waals surface area contributed by atoms with Gasteiger partial charge in [0.1, 0.15) is 0 Å². The minimum absolute atomic E-state index is 0.394. The van der Waals surface area contributed by atoms with Gasteiger partial charge in [-0.2, -0.15) is 0 Å². The normalized spacial score (nSPS) is 11.5. The van der Waals surface area contributed by atoms with Crippen LogP contribution in [0.3, 0.4) is 0 Å². The second kappa shape index (κ2) is 6.54. The van der Waals surface area contributed by atoms with Gasteiger partial charge in [0.25, 0.3) is 0 Å². The van der Waals surface area contributed by atoms with E-state index in [9.17, 15) is 4.79 Å². The molecule has 19 heavy (non-hydrogen) atoms. The first-order valence-electron chi connectivity index (χ1n) is 6.70. The van der Waals surface area contributed by atoms with Crippen LogP contribution in [0.2, 0.25) is 0 Å². The number of hydrogen-bond donors (Lipinski definition) is 2. The average Bonchev–Trinajstić information content (AvgIpc) is 2.76. The van der Waals surface area contributed by atoms with E-state index in [0.29, 0.717) is 5.58 Å². The van der Waals surface area contributed by atoms with Crippen LogP contribution in [0.1, 0.15) is 12.5 Å². The summed E-state index contributed by atoms with van der Waals surface area (Å²) < 4.78 is 4.98. The number of H-pyrrole nitrogens is 1. The third-order valence-corrected chi connectivity index (χ3v) is 3.19. The molecule has 0 atom stereocenters. The zero-order valence-electron chi connectivity index (χ0n) is 11.5. The van der Waals surface area contributed by atoms with Gasteiger partial charge in [-0.25, -0.2) is 4.79 Å². The van der Waals surface area contributed by atoms with Gasteiger partial charge in [-0.15, -0.1) is 0 Å². The van der Waals surface area contributed by atoms with E-state index in [1.54, 1.807) is 0 Å². The standard InChI is InChI=1S/C14H21N3O2/c1-3-15-7-9-17(2)8-6-11-4-5-13-12(10-11)16-14(18)19-13/h4-5,10,15H,3,6-9H2,1-2H3,(H,16,18). The largest absolute Gasteiger partial charge is 0.417 e. The number of fused-ring (bicyclic) bond motifs is 1. The quantitative estimate of drug-likeness (QED) is 0.737. The van der Waals surface area contributed by atoms with Gasteiger partial charge in [-0.05, 0) is 37.7 Å². The maximum absolute atomic E-state index is 11.1. The molecule has 0 unspecified atom stereocenters. The summed E-state index contributed by atoms with van der Waals surface area (Å²) in [5, 5.41) is 3.31. The van der Waals surface area contributed by atoms with E-state index in [-0.39, 0.29) is 0 Å². The highest BCUT2D eigenvalue weighted by Gasteiger charge is 2.03. The number of oxazole rings is 1. The highest BCUT2D eigenvalue weighted by Crippen LogP contribution is 2.12. The average molecular weight is 263 g/mol. The Bertz CT molecular complexity index is 573. The van der Waals surface area contributed by atoms with Crippen molar-refractivity contribution in [1.29, 1.82) is 0 Å². The number of hydrogen-bond acceptors (Lipinski definition) is 4. The Morgan fingerprint density at radius 1 is 1.37 bits per heavy atom. The highest BCUT2D eigenvalue weighted by molar-refractivity contribution is 5.72. The van der Waals surface area contributed by atoms with Gasteiger partial charge in [-0.1, -0.05) is 13.0 Å². The van der Waals surface area contributed by atoms with Gasteiger partial charge in [0.2, 0.25) is 0 Å². The van der Waals surface area contributed by atoms with Gasteiger partial charge < -0.3 is 14.6 Å². The van der Waals surface area contributed by atoms with Crippen LogP contribution in [0, 0.1) is 0 Å². The molecule has 0 bridgehead atoms. The van der Waals surface area contributed by atoms with Gasteiger partial charge in [-0.3, -0.25) is 4.98 Å². The molecule has 0 aliphatic heterocycles. The highest BCUT2D eigenvalue weighted by atomic mass is 16.4. The summed E-state index contributed by atoms with van der Waals surface area (Å²) in [5.74, 6) is -0.394. The third-order valence-electron chi connectivity index (χ3n) is 3.19. The second-order valence-electron chi connectivity index (χ2n) is 4.75. The summed E-state index contributed by atoms with van der Waals surface area (Å²) in [6.07, 6.45) is 0.964. The molecule has 1 heterocycles. The van der Waals surface area contributed by atoms with E-state index in [2.05, 4.69) is 29.2 Å². The maximum Gasteiger partial charge on any atom is 0.417 e. The lowest BCUT2D eigenvalue weighted by atomic mass is 10.1. The summed E-state index contributed by atoms with van der Waals surface area (Å²) in [6.45, 7) is 6.18. The van der Waals surface area contributed by atoms with Crippen molar-refractivity contribution in [2.75, 3.05) is 33.2 Å². The van der Waals surface area contributed by atoms with Crippen LogP contribution in [0.15, 0.2) is 27.4 Å². The van der Waals surface area contributed by atoms with Crippen molar-refractivity contribution in [3.63, 3.8) is 0 Å². The monoisotopic (exact) mass is 263 g/mol. The van der Waals surface area contributed by atoms with Crippen molar-refractivity contribution < 1.29 is 4.42 Å². The van der Waals surface area contributed by atoms with Crippen molar-refractivity contribution in [2.45, 2.75) is 13.3 Å². The van der Waals surface area contributed by atoms with Crippen LogP contribution in [-0.2, 0) is 6.42 Å². The second-order valence-corrected chi connectivity index (χ2v) is 4.75. The summed E-state index contributed by atoms with van der Waals surface area (Å²) in [6, 6.07) is 5.84. The van der Waals surface area contributed by atoms with E-state index < -0.39 is 5.76 Å². The molecule has 2 aromatic rings. The Labute approximate surface area is 112 Å². The van der Waals surface area contributed by atoms with Crippen molar-refractivity contribution >= 4 is 11.1 Å². The number of aromatic nitrogens is 1. The number of nitrogens with zero attached hydrogens (tertiary/aromatic N) is 1. The van der Waals surface area contributed by atoms with Gasteiger partial charge in [0.05, 0.1) is 5.52 Å². The van der Waals surface area contributed by atoms with Crippen LogP contribution in [-0.4, -0.2) is 43.1 Å². The first kappa shape index (κ1) is 13.8. The Morgan fingerprint density at radius 2 is 2.21 bits per heavy atom. The Hall–Kier alpha value is -1.59. The zero-order chi connectivity index (χ0) is 13.7. The molecule has 2 rings (SSSR count). The van der Waals surface area contributed by atoms with Crippen molar-refractivity contribution in [1.82, 2.24) is 15.2 Å². The molecule has 5 heteroatoms. The summed E-state index contributed by atoms with van der Waals surface area (Å²) >= 11 is 0. The maximum atomic E-state index is 11.1. The SMILES string of the molecule is CCNCCN(C)CCc1ccc2oc(=O)[nH]c2c1. The molecule has 0 amide bonds. The Kier molecular flexibility index (Phi) is 4.76. The van der Waals surface area contributed by atoms with Crippen LogP contribution >= 0.6 is 0 Å². The molecule has 1 aromatic heterocycles. The van der Waals surface area contributed by atoms with Gasteiger partial charge in [0, 0.05) is 19.6 Å². The Balaban J connectivity index is 1.88. The molecule has 0 fully saturated rings. The molecular formula is C14H21N3O2. The van der Waals surface area contributed by atoms with E-state index in [1.807, 2.05) is 18.2 Å². The number of nitrogens with one attached hydrogen (secondary N) is 2. The lowest BCUT2D eigenvalue weighted by Crippen LogP contribution is -2.30.